The number of ether oxygens (including phenoxy) is 3. The molecule has 0 aromatic carbocycles. The summed E-state index contributed by atoms with van der Waals surface area (Å²) in [5.74, 6) is 0. The zero-order valence-corrected chi connectivity index (χ0v) is 13.9. The molecule has 5 atom stereocenters. The SMILES string of the molecule is C1=CO[C@H](C2NC([C@H]3CCC=CO3)NC([C@H]3CCC=CO3)N2)CC1. The lowest BCUT2D eigenvalue weighted by atomic mass is 10.0. The van der Waals surface area contributed by atoms with Crippen LogP contribution in [-0.2, 0) is 14.2 Å². The second-order valence-electron chi connectivity index (χ2n) is 6.80. The van der Waals surface area contributed by atoms with Gasteiger partial charge in [0, 0.05) is 0 Å². The van der Waals surface area contributed by atoms with Crippen LogP contribution < -0.4 is 16.0 Å². The minimum atomic E-state index is 0.0789. The number of rotatable bonds is 3. The van der Waals surface area contributed by atoms with Crippen LogP contribution >= 0.6 is 0 Å². The van der Waals surface area contributed by atoms with E-state index in [0.717, 1.165) is 38.5 Å². The van der Waals surface area contributed by atoms with E-state index < -0.39 is 0 Å². The summed E-state index contributed by atoms with van der Waals surface area (Å²) >= 11 is 0. The van der Waals surface area contributed by atoms with Crippen LogP contribution in [0.4, 0.5) is 0 Å². The minimum Gasteiger partial charge on any atom is -0.495 e. The Morgan fingerprint density at radius 1 is 0.542 bits per heavy atom. The van der Waals surface area contributed by atoms with E-state index in [1.54, 1.807) is 0 Å². The van der Waals surface area contributed by atoms with Gasteiger partial charge in [-0.1, -0.05) is 0 Å². The molecule has 0 saturated carbocycles. The number of allylic oxidation sites excluding steroid dienone is 3. The number of hydrogen-bond donors (Lipinski definition) is 3. The first-order chi connectivity index (χ1) is 11.9. The largest absolute Gasteiger partial charge is 0.495 e. The molecule has 6 heteroatoms. The van der Waals surface area contributed by atoms with Crippen LogP contribution in [0.5, 0.6) is 0 Å². The third-order valence-corrected chi connectivity index (χ3v) is 5.10. The Labute approximate surface area is 143 Å². The molecule has 0 aliphatic carbocycles. The number of hydrogen-bond acceptors (Lipinski definition) is 6. The molecule has 4 heterocycles. The monoisotopic (exact) mass is 333 g/mol. The fourth-order valence-electron chi connectivity index (χ4n) is 3.76. The van der Waals surface area contributed by atoms with Crippen LogP contribution in [0.1, 0.15) is 38.5 Å². The predicted molar refractivity (Wildman–Crippen MR) is 90.5 cm³/mol. The van der Waals surface area contributed by atoms with Gasteiger partial charge in [0.25, 0.3) is 0 Å². The van der Waals surface area contributed by atoms with Crippen molar-refractivity contribution < 1.29 is 14.2 Å². The van der Waals surface area contributed by atoms with Gasteiger partial charge < -0.3 is 14.2 Å². The van der Waals surface area contributed by atoms with Crippen molar-refractivity contribution in [2.24, 2.45) is 0 Å². The van der Waals surface area contributed by atoms with Crippen molar-refractivity contribution in [2.75, 3.05) is 0 Å². The summed E-state index contributed by atoms with van der Waals surface area (Å²) in [6.45, 7) is 0. The van der Waals surface area contributed by atoms with Crippen molar-refractivity contribution in [3.8, 4) is 0 Å². The third-order valence-electron chi connectivity index (χ3n) is 5.10. The summed E-state index contributed by atoms with van der Waals surface area (Å²) in [5, 5.41) is 10.9. The van der Waals surface area contributed by atoms with Gasteiger partial charge in [-0.3, -0.25) is 16.0 Å². The van der Waals surface area contributed by atoms with Crippen LogP contribution in [-0.4, -0.2) is 36.8 Å². The summed E-state index contributed by atoms with van der Waals surface area (Å²) in [6.07, 6.45) is 18.5. The maximum atomic E-state index is 5.85. The molecule has 132 valence electrons. The van der Waals surface area contributed by atoms with E-state index in [1.807, 2.05) is 18.8 Å². The Balaban J connectivity index is 1.47. The first-order valence-electron chi connectivity index (χ1n) is 9.10. The summed E-state index contributed by atoms with van der Waals surface area (Å²) in [4.78, 5) is 0. The topological polar surface area (TPSA) is 63.8 Å². The van der Waals surface area contributed by atoms with E-state index in [9.17, 15) is 0 Å². The maximum absolute atomic E-state index is 5.85. The molecule has 1 saturated heterocycles. The van der Waals surface area contributed by atoms with Crippen molar-refractivity contribution in [2.45, 2.75) is 75.3 Å². The smallest absolute Gasteiger partial charge is 0.127 e. The quantitative estimate of drug-likeness (QED) is 0.732. The van der Waals surface area contributed by atoms with Gasteiger partial charge in [0.05, 0.1) is 37.3 Å². The summed E-state index contributed by atoms with van der Waals surface area (Å²) in [7, 11) is 0. The van der Waals surface area contributed by atoms with Gasteiger partial charge in [0.15, 0.2) is 0 Å². The van der Waals surface area contributed by atoms with Gasteiger partial charge in [0.1, 0.15) is 18.3 Å². The van der Waals surface area contributed by atoms with E-state index in [-0.39, 0.29) is 36.8 Å². The Kier molecular flexibility index (Phi) is 5.06. The molecule has 0 bridgehead atoms. The lowest BCUT2D eigenvalue weighted by molar-refractivity contribution is -0.0343. The first kappa shape index (κ1) is 16.0. The standard InChI is InChI=1S/C18H27N3O3/c1-4-10-22-13(7-1)16-19-17(14-8-2-5-11-23-14)21-18(20-16)15-9-3-6-12-24-15/h4-6,10-21H,1-3,7-9H2/t13-,14-,15+,16?,17?,18?/m1/s1. The van der Waals surface area contributed by atoms with Crippen molar-refractivity contribution in [1.29, 1.82) is 0 Å². The van der Waals surface area contributed by atoms with Gasteiger partial charge in [-0.15, -0.1) is 0 Å². The molecule has 0 amide bonds. The Morgan fingerprint density at radius 2 is 0.875 bits per heavy atom. The van der Waals surface area contributed by atoms with E-state index in [2.05, 4.69) is 34.2 Å². The van der Waals surface area contributed by atoms with Crippen LogP contribution in [0.25, 0.3) is 0 Å². The van der Waals surface area contributed by atoms with E-state index >= 15 is 0 Å². The fourth-order valence-corrected chi connectivity index (χ4v) is 3.76. The zero-order chi connectivity index (χ0) is 16.2. The molecule has 0 aromatic rings. The summed E-state index contributed by atoms with van der Waals surface area (Å²) < 4.78 is 17.5. The van der Waals surface area contributed by atoms with Crippen molar-refractivity contribution in [3.05, 3.63) is 37.0 Å². The molecule has 24 heavy (non-hydrogen) atoms. The molecule has 0 aromatic heterocycles. The lowest BCUT2D eigenvalue weighted by Crippen LogP contribution is -2.75. The third kappa shape index (κ3) is 3.61. The highest BCUT2D eigenvalue weighted by atomic mass is 16.5. The first-order valence-corrected chi connectivity index (χ1v) is 9.10. The second-order valence-corrected chi connectivity index (χ2v) is 6.80. The molecule has 3 N–H and O–H groups in total. The second kappa shape index (κ2) is 7.59. The maximum Gasteiger partial charge on any atom is 0.127 e. The van der Waals surface area contributed by atoms with E-state index in [0.29, 0.717) is 0 Å². The summed E-state index contributed by atoms with van der Waals surface area (Å²) in [5.41, 5.74) is 0. The van der Waals surface area contributed by atoms with Gasteiger partial charge in [0.2, 0.25) is 0 Å². The van der Waals surface area contributed by atoms with Crippen LogP contribution in [0, 0.1) is 0 Å². The van der Waals surface area contributed by atoms with Crippen molar-refractivity contribution in [1.82, 2.24) is 16.0 Å². The predicted octanol–water partition coefficient (Wildman–Crippen LogP) is 1.83. The zero-order valence-electron chi connectivity index (χ0n) is 13.9. The molecule has 0 radical (unpaired) electrons. The molecule has 1 fully saturated rings. The molecule has 4 aliphatic rings. The highest BCUT2D eigenvalue weighted by Gasteiger charge is 2.40. The minimum absolute atomic E-state index is 0.0789. The normalized spacial score (nSPS) is 42.0. The van der Waals surface area contributed by atoms with Crippen molar-refractivity contribution >= 4 is 0 Å². The summed E-state index contributed by atoms with van der Waals surface area (Å²) in [6, 6.07) is 0. The lowest BCUT2D eigenvalue weighted by Gasteiger charge is -2.46. The van der Waals surface area contributed by atoms with E-state index in [4.69, 9.17) is 14.2 Å². The number of nitrogens with one attached hydrogen (secondary N) is 3. The molecule has 0 spiro atoms. The molecule has 4 rings (SSSR count). The van der Waals surface area contributed by atoms with Crippen LogP contribution in [0.3, 0.4) is 0 Å². The molecular weight excluding hydrogens is 306 g/mol. The van der Waals surface area contributed by atoms with Gasteiger partial charge in [-0.05, 0) is 56.8 Å². The molecule has 6 nitrogen and oxygen atoms in total. The average molecular weight is 333 g/mol. The average Bonchev–Trinajstić information content (AvgIpc) is 2.70. The van der Waals surface area contributed by atoms with Gasteiger partial charge >= 0.3 is 0 Å². The molecular formula is C18H27N3O3. The molecule has 4 aliphatic heterocycles. The highest BCUT2D eigenvalue weighted by molar-refractivity contribution is 4.99. The Hall–Kier alpha value is -1.50. The van der Waals surface area contributed by atoms with Crippen LogP contribution in [0.2, 0.25) is 0 Å². The van der Waals surface area contributed by atoms with E-state index in [1.165, 1.54) is 0 Å². The molecule has 2 unspecified atom stereocenters. The Bertz CT molecular complexity index is 430. The van der Waals surface area contributed by atoms with Gasteiger partial charge in [-0.2, -0.15) is 0 Å². The van der Waals surface area contributed by atoms with Crippen LogP contribution in [0.15, 0.2) is 37.0 Å². The fraction of sp³-hybridized carbons (Fsp3) is 0.667. The van der Waals surface area contributed by atoms with Crippen molar-refractivity contribution in [3.63, 3.8) is 0 Å². The highest BCUT2D eigenvalue weighted by Crippen LogP contribution is 2.22. The van der Waals surface area contributed by atoms with Gasteiger partial charge in [-0.25, -0.2) is 0 Å². The Morgan fingerprint density at radius 3 is 1.12 bits per heavy atom.